The number of alkyl halides is 1. The molecule has 0 nitrogen and oxygen atoms in total. The molecule has 94 valence electrons. The molecule has 0 aliphatic rings. The van der Waals surface area contributed by atoms with Crippen LogP contribution in [0, 0.1) is 0 Å². The van der Waals surface area contributed by atoms with Gasteiger partial charge in [0.1, 0.15) is 8.07 Å². The van der Waals surface area contributed by atoms with Crippen LogP contribution in [0.4, 0.5) is 0 Å². The van der Waals surface area contributed by atoms with Crippen molar-refractivity contribution in [2.24, 2.45) is 0 Å². The predicted octanol–water partition coefficient (Wildman–Crippen LogP) is 3.96. The summed E-state index contributed by atoms with van der Waals surface area (Å²) in [7, 11) is -1.97. The van der Waals surface area contributed by atoms with Crippen molar-refractivity contribution < 1.29 is 0 Å². The highest BCUT2D eigenvalue weighted by atomic mass is 35.5. The number of hydrogen-bond donors (Lipinski definition) is 0. The fourth-order valence-electron chi connectivity index (χ4n) is 2.03. The summed E-state index contributed by atoms with van der Waals surface area (Å²) < 4.78 is 0. The normalized spacial score (nSPS) is 14.2. The van der Waals surface area contributed by atoms with E-state index in [2.05, 4.69) is 24.7 Å². The lowest BCUT2D eigenvalue weighted by Gasteiger charge is -2.27. The molecular weight excluding hydrogens is 303 g/mol. The standard InChI is InChI=1S/C14H13Cl3Si/c1-18(10-15,12-8-6-11(16)7-9-12)14-5-3-2-4-13(14)17/h2-9H,10H2,1H3. The average Bonchev–Trinajstić information content (AvgIpc) is 2.39. The van der Waals surface area contributed by atoms with E-state index in [0.29, 0.717) is 5.50 Å². The summed E-state index contributed by atoms with van der Waals surface area (Å²) in [5, 5.41) is 3.95. The van der Waals surface area contributed by atoms with Crippen molar-refractivity contribution in [2.45, 2.75) is 6.55 Å². The van der Waals surface area contributed by atoms with E-state index in [9.17, 15) is 0 Å². The Kier molecular flexibility index (Phi) is 4.39. The summed E-state index contributed by atoms with van der Waals surface area (Å²) >= 11 is 18.5. The minimum atomic E-state index is -1.97. The Morgan fingerprint density at radius 2 is 1.56 bits per heavy atom. The van der Waals surface area contributed by atoms with E-state index in [-0.39, 0.29) is 0 Å². The van der Waals surface area contributed by atoms with E-state index in [0.717, 1.165) is 10.0 Å². The second-order valence-electron chi connectivity index (χ2n) is 4.45. The third kappa shape index (κ3) is 2.60. The van der Waals surface area contributed by atoms with E-state index >= 15 is 0 Å². The van der Waals surface area contributed by atoms with Crippen molar-refractivity contribution in [3.63, 3.8) is 0 Å². The lowest BCUT2D eigenvalue weighted by Crippen LogP contribution is -2.58. The molecule has 0 fully saturated rings. The molecule has 2 rings (SSSR count). The molecule has 0 aliphatic heterocycles. The molecule has 1 atom stereocenters. The van der Waals surface area contributed by atoms with Crippen LogP contribution in [0.1, 0.15) is 0 Å². The van der Waals surface area contributed by atoms with Crippen LogP contribution in [-0.4, -0.2) is 13.6 Å². The van der Waals surface area contributed by atoms with E-state index in [4.69, 9.17) is 34.8 Å². The molecule has 0 saturated heterocycles. The molecule has 18 heavy (non-hydrogen) atoms. The molecule has 0 aliphatic carbocycles. The number of benzene rings is 2. The number of rotatable bonds is 3. The van der Waals surface area contributed by atoms with Crippen LogP contribution < -0.4 is 10.4 Å². The van der Waals surface area contributed by atoms with E-state index < -0.39 is 8.07 Å². The van der Waals surface area contributed by atoms with Gasteiger partial charge in [-0.15, -0.1) is 11.6 Å². The number of hydrogen-bond acceptors (Lipinski definition) is 0. The molecule has 2 aromatic rings. The fraction of sp³-hybridized carbons (Fsp3) is 0.143. The van der Waals surface area contributed by atoms with Crippen LogP contribution in [-0.2, 0) is 0 Å². The molecule has 0 heterocycles. The Bertz CT molecular complexity index is 539. The zero-order valence-electron chi connectivity index (χ0n) is 9.96. The van der Waals surface area contributed by atoms with Gasteiger partial charge in [-0.25, -0.2) is 0 Å². The zero-order chi connectivity index (χ0) is 13.2. The van der Waals surface area contributed by atoms with Crippen molar-refractivity contribution in [3.05, 3.63) is 58.6 Å². The van der Waals surface area contributed by atoms with Crippen molar-refractivity contribution in [2.75, 3.05) is 5.50 Å². The molecule has 0 spiro atoms. The Hall–Kier alpha value is -0.473. The summed E-state index contributed by atoms with van der Waals surface area (Å²) in [6, 6.07) is 15.9. The second kappa shape index (κ2) is 5.66. The molecular formula is C14H13Cl3Si. The lowest BCUT2D eigenvalue weighted by molar-refractivity contribution is 1.65. The highest BCUT2D eigenvalue weighted by molar-refractivity contribution is 7.05. The Morgan fingerprint density at radius 3 is 2.11 bits per heavy atom. The van der Waals surface area contributed by atoms with Crippen LogP contribution in [0.25, 0.3) is 0 Å². The van der Waals surface area contributed by atoms with Gasteiger partial charge in [0.25, 0.3) is 0 Å². The van der Waals surface area contributed by atoms with Crippen LogP contribution in [0.2, 0.25) is 16.6 Å². The predicted molar refractivity (Wildman–Crippen MR) is 84.5 cm³/mol. The van der Waals surface area contributed by atoms with Gasteiger partial charge in [-0.1, -0.05) is 65.3 Å². The molecule has 0 radical (unpaired) electrons. The van der Waals surface area contributed by atoms with Gasteiger partial charge >= 0.3 is 0 Å². The van der Waals surface area contributed by atoms with Crippen LogP contribution in [0.5, 0.6) is 0 Å². The largest absolute Gasteiger partial charge is 0.131 e. The minimum Gasteiger partial charge on any atom is -0.129 e. The molecule has 0 amide bonds. The van der Waals surface area contributed by atoms with Crippen molar-refractivity contribution in [3.8, 4) is 0 Å². The maximum Gasteiger partial charge on any atom is 0.131 e. The molecule has 2 aromatic carbocycles. The van der Waals surface area contributed by atoms with Gasteiger partial charge in [-0.05, 0) is 23.4 Å². The van der Waals surface area contributed by atoms with Gasteiger partial charge in [0.2, 0.25) is 0 Å². The molecule has 0 aromatic heterocycles. The highest BCUT2D eigenvalue weighted by Crippen LogP contribution is 2.15. The highest BCUT2D eigenvalue weighted by Gasteiger charge is 2.32. The van der Waals surface area contributed by atoms with Gasteiger partial charge in [0, 0.05) is 15.5 Å². The summed E-state index contributed by atoms with van der Waals surface area (Å²) in [5.41, 5.74) is 0.596. The van der Waals surface area contributed by atoms with Gasteiger partial charge in [0.15, 0.2) is 0 Å². The summed E-state index contributed by atoms with van der Waals surface area (Å²) in [6.45, 7) is 2.23. The zero-order valence-corrected chi connectivity index (χ0v) is 13.2. The monoisotopic (exact) mass is 314 g/mol. The third-order valence-electron chi connectivity index (χ3n) is 3.22. The quantitative estimate of drug-likeness (QED) is 0.594. The first-order valence-corrected chi connectivity index (χ1v) is 9.65. The third-order valence-corrected chi connectivity index (χ3v) is 9.33. The van der Waals surface area contributed by atoms with Gasteiger partial charge in [-0.2, -0.15) is 0 Å². The first kappa shape index (κ1) is 13.9. The SMILES string of the molecule is C[Si](CCl)(c1ccc(Cl)cc1)c1ccccc1Cl. The fourth-order valence-corrected chi connectivity index (χ4v) is 6.40. The van der Waals surface area contributed by atoms with Crippen molar-refractivity contribution in [1.82, 2.24) is 0 Å². The number of halogens is 3. The smallest absolute Gasteiger partial charge is 0.129 e. The van der Waals surface area contributed by atoms with Gasteiger partial charge in [-0.3, -0.25) is 0 Å². The molecule has 4 heteroatoms. The maximum absolute atomic E-state index is 6.32. The molecule has 0 N–H and O–H groups in total. The topological polar surface area (TPSA) is 0 Å². The first-order chi connectivity index (χ1) is 8.58. The van der Waals surface area contributed by atoms with E-state index in [1.807, 2.05) is 30.3 Å². The summed E-state index contributed by atoms with van der Waals surface area (Å²) in [5.74, 6) is 0. The Balaban J connectivity index is 2.55. The van der Waals surface area contributed by atoms with E-state index in [1.54, 1.807) is 0 Å². The van der Waals surface area contributed by atoms with Crippen LogP contribution >= 0.6 is 34.8 Å². The van der Waals surface area contributed by atoms with Gasteiger partial charge < -0.3 is 0 Å². The Labute approximate surface area is 124 Å². The second-order valence-corrected chi connectivity index (χ2v) is 10.1. The summed E-state index contributed by atoms with van der Waals surface area (Å²) in [4.78, 5) is 0. The van der Waals surface area contributed by atoms with Crippen molar-refractivity contribution in [1.29, 1.82) is 0 Å². The lowest BCUT2D eigenvalue weighted by atomic mass is 10.4. The average molecular weight is 316 g/mol. The van der Waals surface area contributed by atoms with Crippen LogP contribution in [0.3, 0.4) is 0 Å². The molecule has 0 bridgehead atoms. The summed E-state index contributed by atoms with van der Waals surface area (Å²) in [6.07, 6.45) is 0. The Morgan fingerprint density at radius 1 is 0.944 bits per heavy atom. The molecule has 1 unspecified atom stereocenters. The van der Waals surface area contributed by atoms with Crippen molar-refractivity contribution >= 4 is 53.3 Å². The van der Waals surface area contributed by atoms with E-state index in [1.165, 1.54) is 10.4 Å². The maximum atomic E-state index is 6.32. The van der Waals surface area contributed by atoms with Crippen LogP contribution in [0.15, 0.2) is 48.5 Å². The first-order valence-electron chi connectivity index (χ1n) is 5.65. The molecule has 0 saturated carbocycles. The van der Waals surface area contributed by atoms with Gasteiger partial charge in [0.05, 0.1) is 0 Å². The minimum absolute atomic E-state index is 0.596.